The van der Waals surface area contributed by atoms with Gasteiger partial charge in [-0.05, 0) is 43.5 Å². The van der Waals surface area contributed by atoms with Crippen LogP contribution in [-0.4, -0.2) is 29.3 Å². The molecule has 0 aromatic heterocycles. The van der Waals surface area contributed by atoms with Gasteiger partial charge in [-0.3, -0.25) is 4.79 Å². The predicted molar refractivity (Wildman–Crippen MR) is 71.0 cm³/mol. The van der Waals surface area contributed by atoms with E-state index in [4.69, 9.17) is 23.2 Å². The van der Waals surface area contributed by atoms with E-state index in [-0.39, 0.29) is 11.3 Å². The van der Waals surface area contributed by atoms with E-state index in [1.54, 1.807) is 12.1 Å². The van der Waals surface area contributed by atoms with Crippen molar-refractivity contribution < 1.29 is 4.79 Å². The molecule has 1 atom stereocenters. The summed E-state index contributed by atoms with van der Waals surface area (Å²) in [4.78, 5) is 14.1. The van der Waals surface area contributed by atoms with Crippen molar-refractivity contribution >= 4 is 29.1 Å². The number of hydrogen-bond donors (Lipinski definition) is 0. The SMILES string of the molecule is Cc1cc(C(=O)N2CCCC(Cl)C2)ccc1Cl. The summed E-state index contributed by atoms with van der Waals surface area (Å²) in [6, 6.07) is 5.38. The van der Waals surface area contributed by atoms with Gasteiger partial charge in [0, 0.05) is 23.7 Å². The highest BCUT2D eigenvalue weighted by atomic mass is 35.5. The van der Waals surface area contributed by atoms with Crippen LogP contribution in [0.1, 0.15) is 28.8 Å². The number of halogens is 2. The van der Waals surface area contributed by atoms with Crippen molar-refractivity contribution in [1.29, 1.82) is 0 Å². The lowest BCUT2D eigenvalue weighted by Crippen LogP contribution is -2.40. The van der Waals surface area contributed by atoms with Crippen molar-refractivity contribution in [3.8, 4) is 0 Å². The molecule has 0 N–H and O–H groups in total. The molecule has 1 heterocycles. The lowest BCUT2D eigenvalue weighted by molar-refractivity contribution is 0.0727. The van der Waals surface area contributed by atoms with Crippen LogP contribution in [0.4, 0.5) is 0 Å². The van der Waals surface area contributed by atoms with E-state index in [2.05, 4.69) is 0 Å². The minimum absolute atomic E-state index is 0.0510. The number of aryl methyl sites for hydroxylation is 1. The van der Waals surface area contributed by atoms with E-state index >= 15 is 0 Å². The fraction of sp³-hybridized carbons (Fsp3) is 0.462. The van der Waals surface area contributed by atoms with Crippen LogP contribution >= 0.6 is 23.2 Å². The van der Waals surface area contributed by atoms with E-state index in [9.17, 15) is 4.79 Å². The highest BCUT2D eigenvalue weighted by Gasteiger charge is 2.23. The van der Waals surface area contributed by atoms with Crippen LogP contribution in [0.5, 0.6) is 0 Å². The van der Waals surface area contributed by atoms with Crippen molar-refractivity contribution in [1.82, 2.24) is 4.90 Å². The Kier molecular flexibility index (Phi) is 3.95. The molecule has 1 aliphatic heterocycles. The van der Waals surface area contributed by atoms with Crippen molar-refractivity contribution in [3.05, 3.63) is 34.3 Å². The first-order valence-electron chi connectivity index (χ1n) is 5.77. The molecule has 92 valence electrons. The van der Waals surface area contributed by atoms with E-state index < -0.39 is 0 Å². The summed E-state index contributed by atoms with van der Waals surface area (Å²) in [5.74, 6) is 0.0510. The maximum atomic E-state index is 12.2. The van der Waals surface area contributed by atoms with Gasteiger partial charge in [0.15, 0.2) is 0 Å². The molecule has 1 amide bonds. The van der Waals surface area contributed by atoms with Crippen molar-refractivity contribution in [2.75, 3.05) is 13.1 Å². The summed E-state index contributed by atoms with van der Waals surface area (Å²) in [7, 11) is 0. The molecule has 0 radical (unpaired) electrons. The molecule has 0 spiro atoms. The number of likely N-dealkylation sites (tertiary alicyclic amines) is 1. The molecule has 0 bridgehead atoms. The van der Waals surface area contributed by atoms with Crippen molar-refractivity contribution in [3.63, 3.8) is 0 Å². The summed E-state index contributed by atoms with van der Waals surface area (Å²) in [5.41, 5.74) is 1.62. The van der Waals surface area contributed by atoms with Gasteiger partial charge in [-0.1, -0.05) is 11.6 Å². The average molecular weight is 272 g/mol. The zero-order valence-electron chi connectivity index (χ0n) is 9.75. The fourth-order valence-corrected chi connectivity index (χ4v) is 2.51. The Morgan fingerprint density at radius 3 is 2.88 bits per heavy atom. The lowest BCUT2D eigenvalue weighted by atomic mass is 10.1. The van der Waals surface area contributed by atoms with Crippen LogP contribution in [0.3, 0.4) is 0 Å². The summed E-state index contributed by atoms with van der Waals surface area (Å²) in [6.07, 6.45) is 1.97. The number of nitrogens with zero attached hydrogens (tertiary/aromatic N) is 1. The van der Waals surface area contributed by atoms with Gasteiger partial charge < -0.3 is 4.90 Å². The highest BCUT2D eigenvalue weighted by molar-refractivity contribution is 6.31. The summed E-state index contributed by atoms with van der Waals surface area (Å²) in [5, 5.41) is 0.775. The second kappa shape index (κ2) is 5.28. The first-order chi connectivity index (χ1) is 8.08. The number of carbonyl (C=O) groups excluding carboxylic acids is 1. The molecule has 1 aliphatic rings. The molecule has 1 unspecified atom stereocenters. The molecule has 4 heteroatoms. The van der Waals surface area contributed by atoms with Gasteiger partial charge in [0.05, 0.1) is 5.38 Å². The molecule has 1 saturated heterocycles. The molecule has 2 rings (SSSR count). The van der Waals surface area contributed by atoms with Crippen LogP contribution in [0, 0.1) is 6.92 Å². The third-order valence-corrected chi connectivity index (χ3v) is 3.84. The topological polar surface area (TPSA) is 20.3 Å². The minimum atomic E-state index is 0.0510. The molecule has 1 aromatic rings. The maximum Gasteiger partial charge on any atom is 0.253 e. The van der Waals surface area contributed by atoms with Gasteiger partial charge in [-0.2, -0.15) is 0 Å². The molecule has 17 heavy (non-hydrogen) atoms. The van der Waals surface area contributed by atoms with Gasteiger partial charge in [-0.25, -0.2) is 0 Å². The summed E-state index contributed by atoms with van der Waals surface area (Å²) >= 11 is 12.0. The highest BCUT2D eigenvalue weighted by Crippen LogP contribution is 2.20. The van der Waals surface area contributed by atoms with Gasteiger partial charge >= 0.3 is 0 Å². The Labute approximate surface area is 112 Å². The lowest BCUT2D eigenvalue weighted by Gasteiger charge is -2.30. The summed E-state index contributed by atoms with van der Waals surface area (Å²) in [6.45, 7) is 3.34. The van der Waals surface area contributed by atoms with E-state index in [0.717, 1.165) is 24.9 Å². The third kappa shape index (κ3) is 2.93. The predicted octanol–water partition coefficient (Wildman–Crippen LogP) is 3.49. The number of rotatable bonds is 1. The summed E-state index contributed by atoms with van der Waals surface area (Å²) < 4.78 is 0. The number of benzene rings is 1. The zero-order chi connectivity index (χ0) is 12.4. The van der Waals surface area contributed by atoms with Crippen LogP contribution < -0.4 is 0 Å². The molecule has 1 aromatic carbocycles. The van der Waals surface area contributed by atoms with Crippen LogP contribution in [0.15, 0.2) is 18.2 Å². The van der Waals surface area contributed by atoms with Crippen molar-refractivity contribution in [2.45, 2.75) is 25.1 Å². The van der Waals surface area contributed by atoms with Gasteiger partial charge in [0.25, 0.3) is 5.91 Å². The van der Waals surface area contributed by atoms with Crippen LogP contribution in [-0.2, 0) is 0 Å². The van der Waals surface area contributed by atoms with Crippen LogP contribution in [0.2, 0.25) is 5.02 Å². The maximum absolute atomic E-state index is 12.2. The van der Waals surface area contributed by atoms with Gasteiger partial charge in [-0.15, -0.1) is 11.6 Å². The average Bonchev–Trinajstić information content (AvgIpc) is 2.32. The second-order valence-corrected chi connectivity index (χ2v) is 5.48. The Morgan fingerprint density at radius 1 is 1.47 bits per heavy atom. The smallest absolute Gasteiger partial charge is 0.253 e. The number of carbonyl (C=O) groups is 1. The number of piperidine rings is 1. The van der Waals surface area contributed by atoms with E-state index in [0.29, 0.717) is 17.1 Å². The molecule has 2 nitrogen and oxygen atoms in total. The Bertz CT molecular complexity index is 433. The normalized spacial score (nSPS) is 20.4. The number of alkyl halides is 1. The molecule has 1 fully saturated rings. The minimum Gasteiger partial charge on any atom is -0.337 e. The molecule has 0 saturated carbocycles. The number of amides is 1. The standard InChI is InChI=1S/C13H15Cl2NO/c1-9-7-10(4-5-12(9)15)13(17)16-6-2-3-11(14)8-16/h4-5,7,11H,2-3,6,8H2,1H3. The first kappa shape index (κ1) is 12.7. The van der Waals surface area contributed by atoms with E-state index in [1.165, 1.54) is 0 Å². The number of hydrogen-bond acceptors (Lipinski definition) is 1. The Morgan fingerprint density at radius 2 is 2.24 bits per heavy atom. The van der Waals surface area contributed by atoms with E-state index in [1.807, 2.05) is 17.9 Å². The quantitative estimate of drug-likeness (QED) is 0.716. The zero-order valence-corrected chi connectivity index (χ0v) is 11.3. The molecule has 0 aliphatic carbocycles. The second-order valence-electron chi connectivity index (χ2n) is 4.45. The molecular formula is C13H15Cl2NO. The van der Waals surface area contributed by atoms with Crippen molar-refractivity contribution in [2.24, 2.45) is 0 Å². The van der Waals surface area contributed by atoms with Gasteiger partial charge in [0.1, 0.15) is 0 Å². The Balaban J connectivity index is 2.15. The van der Waals surface area contributed by atoms with Gasteiger partial charge in [0.2, 0.25) is 0 Å². The third-order valence-electron chi connectivity index (χ3n) is 3.06. The fourth-order valence-electron chi connectivity index (χ4n) is 2.07. The monoisotopic (exact) mass is 271 g/mol. The first-order valence-corrected chi connectivity index (χ1v) is 6.59. The molecular weight excluding hydrogens is 257 g/mol. The van der Waals surface area contributed by atoms with Crippen LogP contribution in [0.25, 0.3) is 0 Å². The Hall–Kier alpha value is -0.730. The largest absolute Gasteiger partial charge is 0.337 e.